The first-order valence-corrected chi connectivity index (χ1v) is 11.7. The van der Waals surface area contributed by atoms with Crippen LogP contribution in [0.4, 0.5) is 0 Å². The topological polar surface area (TPSA) is 85.4 Å². The minimum atomic E-state index is -3.82. The van der Waals surface area contributed by atoms with Gasteiger partial charge in [-0.05, 0) is 62.8 Å². The molecule has 1 aromatic heterocycles. The molecule has 0 aliphatic carbocycles. The minimum Gasteiger partial charge on any atom is -0.460 e. The molecule has 0 radical (unpaired) electrons. The van der Waals surface area contributed by atoms with Crippen LogP contribution in [0.3, 0.4) is 0 Å². The number of nitrogens with one attached hydrogen (secondary N) is 1. The second kappa shape index (κ2) is 9.58. The summed E-state index contributed by atoms with van der Waals surface area (Å²) in [6.45, 7) is 5.37. The molecule has 0 amide bonds. The number of benzene rings is 2. The number of aryl methyl sites for hydroxylation is 1. The Hall–Kier alpha value is -2.77. The molecular weight excluding hydrogens is 412 g/mol. The maximum Gasteiger partial charge on any atom is 0.307 e. The molecule has 0 aliphatic heterocycles. The van der Waals surface area contributed by atoms with Gasteiger partial charge in [0.15, 0.2) is 0 Å². The Bertz CT molecular complexity index is 1140. The van der Waals surface area contributed by atoms with E-state index in [4.69, 9.17) is 4.74 Å². The largest absolute Gasteiger partial charge is 0.460 e. The predicted molar refractivity (Wildman–Crippen MR) is 121 cm³/mol. The Morgan fingerprint density at radius 2 is 1.81 bits per heavy atom. The zero-order valence-corrected chi connectivity index (χ0v) is 18.9. The van der Waals surface area contributed by atoms with Gasteiger partial charge in [-0.25, -0.2) is 13.1 Å². The molecule has 164 valence electrons. The summed E-state index contributed by atoms with van der Waals surface area (Å²) in [4.78, 5) is 16.6. The number of hydrogen-bond donors (Lipinski definition) is 1. The molecule has 0 bridgehead atoms. The molecular formula is C24H28N2O4S. The molecule has 0 saturated heterocycles. The molecule has 1 N–H and O–H groups in total. The van der Waals surface area contributed by atoms with E-state index in [-0.39, 0.29) is 11.3 Å². The molecule has 0 fully saturated rings. The van der Waals surface area contributed by atoms with Crippen LogP contribution in [0.5, 0.6) is 0 Å². The number of fused-ring (bicyclic) bond motifs is 1. The lowest BCUT2D eigenvalue weighted by Crippen LogP contribution is -2.38. The molecule has 0 aliphatic rings. The van der Waals surface area contributed by atoms with Crippen molar-refractivity contribution in [1.29, 1.82) is 0 Å². The Morgan fingerprint density at radius 3 is 2.52 bits per heavy atom. The Morgan fingerprint density at radius 1 is 1.06 bits per heavy atom. The fourth-order valence-corrected chi connectivity index (χ4v) is 4.59. The summed E-state index contributed by atoms with van der Waals surface area (Å²) < 4.78 is 34.3. The average molecular weight is 441 g/mol. The van der Waals surface area contributed by atoms with E-state index in [2.05, 4.69) is 9.71 Å². The molecule has 0 saturated carbocycles. The van der Waals surface area contributed by atoms with E-state index >= 15 is 0 Å². The first-order valence-electron chi connectivity index (χ1n) is 10.2. The third-order valence-corrected chi connectivity index (χ3v) is 6.22. The van der Waals surface area contributed by atoms with Crippen molar-refractivity contribution >= 4 is 26.8 Å². The number of sulfonamides is 1. The highest BCUT2D eigenvalue weighted by Gasteiger charge is 2.25. The van der Waals surface area contributed by atoms with Gasteiger partial charge in [-0.15, -0.1) is 0 Å². The third-order valence-electron chi connectivity index (χ3n) is 4.70. The van der Waals surface area contributed by atoms with Crippen LogP contribution in [-0.2, 0) is 26.0 Å². The van der Waals surface area contributed by atoms with Gasteiger partial charge in [-0.1, -0.05) is 36.4 Å². The highest BCUT2D eigenvalue weighted by molar-refractivity contribution is 7.89. The van der Waals surface area contributed by atoms with E-state index in [1.165, 1.54) is 0 Å². The van der Waals surface area contributed by atoms with Crippen molar-refractivity contribution in [2.75, 3.05) is 0 Å². The number of pyridine rings is 1. The molecule has 1 heterocycles. The third kappa shape index (κ3) is 6.87. The lowest BCUT2D eigenvalue weighted by molar-refractivity contribution is -0.155. The molecule has 7 heteroatoms. The van der Waals surface area contributed by atoms with Gasteiger partial charge in [-0.3, -0.25) is 9.78 Å². The number of esters is 1. The van der Waals surface area contributed by atoms with Gasteiger partial charge in [-0.2, -0.15) is 0 Å². The molecule has 6 nitrogen and oxygen atoms in total. The van der Waals surface area contributed by atoms with Crippen LogP contribution >= 0.6 is 0 Å². The highest BCUT2D eigenvalue weighted by atomic mass is 32.2. The maximum atomic E-state index is 13.1. The van der Waals surface area contributed by atoms with Crippen molar-refractivity contribution in [1.82, 2.24) is 9.71 Å². The van der Waals surface area contributed by atoms with Gasteiger partial charge >= 0.3 is 5.97 Å². The first kappa shape index (κ1) is 22.9. The predicted octanol–water partition coefficient (Wildman–Crippen LogP) is 4.25. The minimum absolute atomic E-state index is 0.0408. The van der Waals surface area contributed by atoms with E-state index < -0.39 is 27.6 Å². The fraction of sp³-hybridized carbons (Fsp3) is 0.333. The maximum absolute atomic E-state index is 13.1. The lowest BCUT2D eigenvalue weighted by atomic mass is 10.0. The quantitative estimate of drug-likeness (QED) is 0.530. The summed E-state index contributed by atoms with van der Waals surface area (Å²) in [7, 11) is -3.82. The van der Waals surface area contributed by atoms with E-state index in [0.717, 1.165) is 16.3 Å². The zero-order chi connectivity index (χ0) is 22.5. The van der Waals surface area contributed by atoms with Gasteiger partial charge in [0.2, 0.25) is 10.0 Å². The average Bonchev–Trinajstić information content (AvgIpc) is 2.71. The van der Waals surface area contributed by atoms with Crippen molar-refractivity contribution in [2.24, 2.45) is 0 Å². The molecule has 0 spiro atoms. The van der Waals surface area contributed by atoms with Crippen LogP contribution in [0.15, 0.2) is 71.9 Å². The van der Waals surface area contributed by atoms with Crippen LogP contribution in [0, 0.1) is 0 Å². The smallest absolute Gasteiger partial charge is 0.307 e. The second-order valence-electron chi connectivity index (χ2n) is 8.52. The van der Waals surface area contributed by atoms with Gasteiger partial charge in [0.05, 0.1) is 11.3 Å². The van der Waals surface area contributed by atoms with Crippen LogP contribution < -0.4 is 4.72 Å². The molecule has 1 atom stereocenters. The fourth-order valence-electron chi connectivity index (χ4n) is 3.29. The molecule has 3 aromatic rings. The summed E-state index contributed by atoms with van der Waals surface area (Å²) in [6, 6.07) is 15.8. The van der Waals surface area contributed by atoms with Crippen molar-refractivity contribution in [3.05, 3.63) is 72.6 Å². The Balaban J connectivity index is 1.79. The summed E-state index contributed by atoms with van der Waals surface area (Å²) in [5.41, 5.74) is 0.445. The van der Waals surface area contributed by atoms with E-state index in [1.54, 1.807) is 57.4 Å². The number of carbonyl (C=O) groups is 1. The SMILES string of the molecule is CC(C)(C)OC(=O)CC(CCc1ccccc1)NS(=O)(=O)c1ccc2cnccc2c1. The molecule has 2 aromatic carbocycles. The van der Waals surface area contributed by atoms with Crippen LogP contribution in [0.25, 0.3) is 10.8 Å². The number of rotatable bonds is 8. The number of ether oxygens (including phenoxy) is 1. The van der Waals surface area contributed by atoms with Crippen molar-refractivity contribution in [2.45, 2.75) is 56.6 Å². The summed E-state index contributed by atoms with van der Waals surface area (Å²) in [6.07, 6.45) is 4.38. The van der Waals surface area contributed by atoms with Gasteiger partial charge in [0.1, 0.15) is 5.60 Å². The summed E-state index contributed by atoms with van der Waals surface area (Å²) in [5.74, 6) is -0.433. The number of carbonyl (C=O) groups excluding carboxylic acids is 1. The van der Waals surface area contributed by atoms with Gasteiger partial charge < -0.3 is 4.74 Å². The van der Waals surface area contributed by atoms with E-state index in [1.807, 2.05) is 30.3 Å². The zero-order valence-electron chi connectivity index (χ0n) is 18.0. The van der Waals surface area contributed by atoms with Crippen molar-refractivity contribution in [3.8, 4) is 0 Å². The normalized spacial score (nSPS) is 13.1. The van der Waals surface area contributed by atoms with Gasteiger partial charge in [0, 0.05) is 23.8 Å². The van der Waals surface area contributed by atoms with Crippen LogP contribution in [0.1, 0.15) is 39.2 Å². The van der Waals surface area contributed by atoms with Gasteiger partial charge in [0.25, 0.3) is 0 Å². The van der Waals surface area contributed by atoms with Crippen molar-refractivity contribution in [3.63, 3.8) is 0 Å². The summed E-state index contributed by atoms with van der Waals surface area (Å²) >= 11 is 0. The monoisotopic (exact) mass is 440 g/mol. The number of hydrogen-bond acceptors (Lipinski definition) is 5. The van der Waals surface area contributed by atoms with Crippen molar-refractivity contribution < 1.29 is 17.9 Å². The Kier molecular flexibility index (Phi) is 7.08. The second-order valence-corrected chi connectivity index (χ2v) is 10.2. The highest BCUT2D eigenvalue weighted by Crippen LogP contribution is 2.20. The molecule has 3 rings (SSSR count). The summed E-state index contributed by atoms with van der Waals surface area (Å²) in [5, 5.41) is 1.64. The van der Waals surface area contributed by atoms with E-state index in [9.17, 15) is 13.2 Å². The van der Waals surface area contributed by atoms with Crippen LogP contribution in [-0.4, -0.2) is 31.0 Å². The van der Waals surface area contributed by atoms with Crippen LogP contribution in [0.2, 0.25) is 0 Å². The number of aromatic nitrogens is 1. The van der Waals surface area contributed by atoms with E-state index in [0.29, 0.717) is 12.8 Å². The molecule has 1 unspecified atom stereocenters. The lowest BCUT2D eigenvalue weighted by Gasteiger charge is -2.23. The molecule has 31 heavy (non-hydrogen) atoms. The first-order chi connectivity index (χ1) is 14.6. The number of nitrogens with zero attached hydrogens (tertiary/aromatic N) is 1. The Labute approximate surface area is 183 Å². The standard InChI is InChI=1S/C24H28N2O4S/c1-24(2,3)30-23(27)16-21(11-9-18-7-5-4-6-8-18)26-31(28,29)22-12-10-20-17-25-14-13-19(20)15-22/h4-8,10,12-15,17,21,26H,9,11,16H2,1-3H3.